The Labute approximate surface area is 343 Å². The van der Waals surface area contributed by atoms with Gasteiger partial charge in [-0.2, -0.15) is 0 Å². The maximum absolute atomic E-state index is 14.8. The molecule has 5 atom stereocenters. The smallest absolute Gasteiger partial charge is 0.259 e. The lowest BCUT2D eigenvalue weighted by atomic mass is 9.85. The molecule has 2 saturated carbocycles. The molecule has 18 heteroatoms. The molecule has 0 unspecified atom stereocenters. The lowest BCUT2D eigenvalue weighted by Gasteiger charge is -2.35. The Bertz CT molecular complexity index is 2390. The molecule has 7 rings (SSSR count). The van der Waals surface area contributed by atoms with Crippen LogP contribution in [0.5, 0.6) is 11.6 Å². The van der Waals surface area contributed by atoms with E-state index >= 15 is 0 Å². The SMILES string of the molecule is C=C[C@@H]1C[C@]1(NC(=O)[C@@H]1C[C@@H](Oc2ncc(OC)c3ccc(Cl)cc23)CN1C(=O)[C@@H](Nc1nc(-c2ccc(F)c(Cl)c2)cs1)C(C)(C)C)C(=O)NS(=O)(=O)C1CC1. The topological polar surface area (TPSA) is 169 Å². The Hall–Kier alpha value is -4.51. The summed E-state index contributed by atoms with van der Waals surface area (Å²) < 4.78 is 53.5. The summed E-state index contributed by atoms with van der Waals surface area (Å²) in [5, 5.41) is 9.21. The van der Waals surface area contributed by atoms with E-state index in [1.807, 2.05) is 20.8 Å². The second kappa shape index (κ2) is 15.3. The Balaban J connectivity index is 1.19. The first kappa shape index (κ1) is 40.7. The number of halogens is 3. The highest BCUT2D eigenvalue weighted by molar-refractivity contribution is 7.91. The van der Waals surface area contributed by atoms with Crippen LogP contribution in [0, 0.1) is 17.2 Å². The van der Waals surface area contributed by atoms with Gasteiger partial charge in [0.25, 0.3) is 5.91 Å². The van der Waals surface area contributed by atoms with Gasteiger partial charge in [-0.05, 0) is 61.1 Å². The van der Waals surface area contributed by atoms with Crippen molar-refractivity contribution >= 4 is 78.2 Å². The number of nitrogens with one attached hydrogen (secondary N) is 3. The molecule has 13 nitrogen and oxygen atoms in total. The number of hydrogen-bond acceptors (Lipinski definition) is 11. The lowest BCUT2D eigenvalue weighted by Crippen LogP contribution is -2.58. The van der Waals surface area contributed by atoms with Crippen LogP contribution in [0.2, 0.25) is 10.0 Å². The Morgan fingerprint density at radius 3 is 2.54 bits per heavy atom. The molecule has 302 valence electrons. The second-order valence-electron chi connectivity index (χ2n) is 15.6. The number of ether oxygens (including phenoxy) is 2. The molecule has 0 bridgehead atoms. The molecule has 0 spiro atoms. The summed E-state index contributed by atoms with van der Waals surface area (Å²) in [6.07, 6.45) is 3.30. The van der Waals surface area contributed by atoms with E-state index in [9.17, 15) is 27.2 Å². The van der Waals surface area contributed by atoms with Gasteiger partial charge in [0.2, 0.25) is 27.7 Å². The van der Waals surface area contributed by atoms with Gasteiger partial charge in [0.05, 0.1) is 35.8 Å². The van der Waals surface area contributed by atoms with E-state index in [4.69, 9.17) is 32.7 Å². The van der Waals surface area contributed by atoms with Crippen molar-refractivity contribution in [1.82, 2.24) is 24.9 Å². The number of rotatable bonds is 13. The Kier molecular flexibility index (Phi) is 11.0. The number of methoxy groups -OCH3 is 1. The van der Waals surface area contributed by atoms with Crippen LogP contribution in [0.25, 0.3) is 22.0 Å². The summed E-state index contributed by atoms with van der Waals surface area (Å²) in [4.78, 5) is 53.4. The van der Waals surface area contributed by atoms with Crippen molar-refractivity contribution in [3.05, 3.63) is 76.5 Å². The first-order valence-corrected chi connectivity index (χ1v) is 21.4. The van der Waals surface area contributed by atoms with Gasteiger partial charge in [-0.25, -0.2) is 22.8 Å². The number of nitrogens with zero attached hydrogens (tertiary/aromatic N) is 3. The molecule has 2 aromatic heterocycles. The predicted molar refractivity (Wildman–Crippen MR) is 216 cm³/mol. The maximum Gasteiger partial charge on any atom is 0.259 e. The van der Waals surface area contributed by atoms with Gasteiger partial charge in [0, 0.05) is 39.1 Å². The number of benzene rings is 2. The zero-order chi connectivity index (χ0) is 41.0. The number of amides is 3. The molecule has 3 fully saturated rings. The van der Waals surface area contributed by atoms with Gasteiger partial charge in [-0.3, -0.25) is 19.1 Å². The average Bonchev–Trinajstić information content (AvgIpc) is 4.05. The highest BCUT2D eigenvalue weighted by Crippen LogP contribution is 2.46. The zero-order valence-corrected chi connectivity index (χ0v) is 34.6. The minimum atomic E-state index is -3.92. The summed E-state index contributed by atoms with van der Waals surface area (Å²) in [6, 6.07) is 7.37. The molecule has 3 amide bonds. The highest BCUT2D eigenvalue weighted by atomic mass is 35.5. The van der Waals surface area contributed by atoms with Crippen molar-refractivity contribution in [2.45, 2.75) is 75.4 Å². The van der Waals surface area contributed by atoms with Crippen molar-refractivity contribution < 1.29 is 36.7 Å². The third-order valence-corrected chi connectivity index (χ3v) is 13.6. The van der Waals surface area contributed by atoms with E-state index in [1.165, 1.54) is 47.8 Å². The van der Waals surface area contributed by atoms with Crippen molar-refractivity contribution in [3.8, 4) is 22.9 Å². The number of carbonyl (C=O) groups is 3. The van der Waals surface area contributed by atoms with Crippen molar-refractivity contribution in [3.63, 3.8) is 0 Å². The van der Waals surface area contributed by atoms with Crippen molar-refractivity contribution in [1.29, 1.82) is 0 Å². The molecule has 1 aliphatic heterocycles. The van der Waals surface area contributed by atoms with E-state index in [1.54, 1.807) is 29.6 Å². The average molecular weight is 860 g/mol. The number of pyridine rings is 1. The molecule has 2 aromatic carbocycles. The van der Waals surface area contributed by atoms with Crippen LogP contribution in [-0.4, -0.2) is 83.6 Å². The predicted octanol–water partition coefficient (Wildman–Crippen LogP) is 6.36. The fraction of sp³-hybridized carbons (Fsp3) is 0.410. The number of sulfonamides is 1. The summed E-state index contributed by atoms with van der Waals surface area (Å²) in [6.45, 7) is 9.34. The number of aromatic nitrogens is 2. The molecule has 57 heavy (non-hydrogen) atoms. The quantitative estimate of drug-likeness (QED) is 0.129. The molecular weight excluding hydrogens is 819 g/mol. The van der Waals surface area contributed by atoms with Crippen LogP contribution in [0.1, 0.15) is 46.5 Å². The minimum absolute atomic E-state index is 0.00770. The maximum atomic E-state index is 14.8. The second-order valence-corrected chi connectivity index (χ2v) is 19.3. The number of anilines is 1. The molecule has 3 aliphatic rings. The van der Waals surface area contributed by atoms with Crippen LogP contribution in [-0.2, 0) is 24.4 Å². The van der Waals surface area contributed by atoms with E-state index in [2.05, 4.69) is 31.9 Å². The molecule has 1 saturated heterocycles. The third kappa shape index (κ3) is 8.27. The summed E-state index contributed by atoms with van der Waals surface area (Å²) in [5.74, 6) is -2.35. The van der Waals surface area contributed by atoms with Gasteiger partial charge in [0.15, 0.2) is 5.13 Å². The molecular formula is C39H41Cl2FN6O7S2. The van der Waals surface area contributed by atoms with Crippen molar-refractivity contribution in [2.24, 2.45) is 11.3 Å². The number of hydrogen-bond donors (Lipinski definition) is 3. The van der Waals surface area contributed by atoms with Crippen LogP contribution < -0.4 is 24.8 Å². The fourth-order valence-corrected chi connectivity index (χ4v) is 9.50. The summed E-state index contributed by atoms with van der Waals surface area (Å²) in [7, 11) is -2.40. The summed E-state index contributed by atoms with van der Waals surface area (Å²) in [5.41, 5.74) is -1.19. The fourth-order valence-electron chi connectivity index (χ4n) is 7.04. The molecule has 3 heterocycles. The normalized spacial score (nSPS) is 22.4. The van der Waals surface area contributed by atoms with Crippen LogP contribution >= 0.6 is 34.5 Å². The van der Waals surface area contributed by atoms with Gasteiger partial charge < -0.3 is 25.0 Å². The highest BCUT2D eigenvalue weighted by Gasteiger charge is 2.62. The Morgan fingerprint density at radius 2 is 1.89 bits per heavy atom. The first-order valence-electron chi connectivity index (χ1n) is 18.2. The van der Waals surface area contributed by atoms with E-state index in [-0.39, 0.29) is 30.3 Å². The van der Waals surface area contributed by atoms with E-state index in [0.717, 1.165) is 0 Å². The molecule has 2 aliphatic carbocycles. The minimum Gasteiger partial charge on any atom is -0.494 e. The van der Waals surface area contributed by atoms with Gasteiger partial charge in [0.1, 0.15) is 35.3 Å². The monoisotopic (exact) mass is 858 g/mol. The first-order chi connectivity index (χ1) is 26.9. The van der Waals surface area contributed by atoms with E-state index < -0.39 is 73.9 Å². The number of fused-ring (bicyclic) bond motifs is 1. The van der Waals surface area contributed by atoms with E-state index in [0.29, 0.717) is 50.8 Å². The zero-order valence-electron chi connectivity index (χ0n) is 31.5. The van der Waals surface area contributed by atoms with Gasteiger partial charge in [-0.1, -0.05) is 50.0 Å². The molecule has 3 N–H and O–H groups in total. The number of carbonyl (C=O) groups excluding carboxylic acids is 3. The number of thiazole rings is 1. The number of likely N-dealkylation sites (tertiary alicyclic amines) is 1. The Morgan fingerprint density at radius 1 is 1.14 bits per heavy atom. The standard InChI is InChI=1S/C39H41Cl2FN6O7S2/c1-6-21-16-39(21,36(51)47-57(52,53)24-9-10-24)46-33(49)30-15-23(55-34-26-14-22(40)8-11-25(26)31(54-5)17-43-34)18-48(30)35(50)32(38(2,3)4)45-37-44-29(19-56-37)20-7-12-28(42)27(41)13-20/h6-8,11-14,17,19,21,23-24,30,32H,1,9-10,15-16,18H2,2-5H3,(H,44,45)(H,46,49)(H,47,51)/t21-,23-,30+,32-,39-/m1/s1. The third-order valence-electron chi connectivity index (χ3n) is 10.5. The van der Waals surface area contributed by atoms with Crippen LogP contribution in [0.4, 0.5) is 9.52 Å². The lowest BCUT2D eigenvalue weighted by molar-refractivity contribution is -0.141. The van der Waals surface area contributed by atoms with Gasteiger partial charge >= 0.3 is 0 Å². The largest absolute Gasteiger partial charge is 0.494 e. The summed E-state index contributed by atoms with van der Waals surface area (Å²) >= 11 is 13.6. The molecule has 0 radical (unpaired) electrons. The van der Waals surface area contributed by atoms with Crippen LogP contribution in [0.15, 0.2) is 60.6 Å². The molecule has 4 aromatic rings. The van der Waals surface area contributed by atoms with Crippen molar-refractivity contribution in [2.75, 3.05) is 19.0 Å². The van der Waals surface area contributed by atoms with Gasteiger partial charge in [-0.15, -0.1) is 17.9 Å². The van der Waals surface area contributed by atoms with Crippen LogP contribution in [0.3, 0.4) is 0 Å².